The molecule has 4 nitrogen and oxygen atoms in total. The Bertz CT molecular complexity index is 335. The molecule has 122 valence electrons. The van der Waals surface area contributed by atoms with Crippen molar-refractivity contribution < 1.29 is 0 Å². The van der Waals surface area contributed by atoms with Crippen molar-refractivity contribution in [2.24, 2.45) is 0 Å². The average molecular weight is 294 g/mol. The molecular formula is C17H34N4. The van der Waals surface area contributed by atoms with Crippen molar-refractivity contribution in [1.82, 2.24) is 19.6 Å². The second-order valence-electron chi connectivity index (χ2n) is 7.56. The largest absolute Gasteiger partial charge is 0.303 e. The first-order chi connectivity index (χ1) is 10.2. The van der Waals surface area contributed by atoms with Gasteiger partial charge in [-0.25, -0.2) is 0 Å². The van der Waals surface area contributed by atoms with Gasteiger partial charge in [0.25, 0.3) is 0 Å². The molecule has 3 aliphatic rings. The predicted octanol–water partition coefficient (Wildman–Crippen LogP) is 1.18. The van der Waals surface area contributed by atoms with E-state index in [-0.39, 0.29) is 0 Å². The van der Waals surface area contributed by atoms with Crippen molar-refractivity contribution in [1.29, 1.82) is 0 Å². The molecule has 0 aromatic heterocycles. The molecule has 3 heterocycles. The van der Waals surface area contributed by atoms with Crippen LogP contribution < -0.4 is 0 Å². The fourth-order valence-corrected chi connectivity index (χ4v) is 4.49. The Hall–Kier alpha value is -0.160. The molecule has 3 rings (SSSR count). The van der Waals surface area contributed by atoms with Crippen LogP contribution in [0, 0.1) is 0 Å². The van der Waals surface area contributed by atoms with E-state index in [0.717, 1.165) is 12.1 Å². The lowest BCUT2D eigenvalue weighted by Gasteiger charge is -2.50. The highest BCUT2D eigenvalue weighted by Crippen LogP contribution is 2.26. The minimum Gasteiger partial charge on any atom is -0.303 e. The molecule has 0 aromatic rings. The summed E-state index contributed by atoms with van der Waals surface area (Å²) in [5.41, 5.74) is 0. The molecule has 0 bridgehead atoms. The second kappa shape index (κ2) is 6.95. The Kier molecular flexibility index (Phi) is 5.20. The summed E-state index contributed by atoms with van der Waals surface area (Å²) in [7, 11) is 4.59. The summed E-state index contributed by atoms with van der Waals surface area (Å²) in [6.45, 7) is 11.3. The van der Waals surface area contributed by atoms with Gasteiger partial charge in [-0.05, 0) is 39.9 Å². The van der Waals surface area contributed by atoms with Gasteiger partial charge >= 0.3 is 0 Å². The third kappa shape index (κ3) is 3.61. The van der Waals surface area contributed by atoms with E-state index >= 15 is 0 Å². The molecule has 21 heavy (non-hydrogen) atoms. The van der Waals surface area contributed by atoms with Crippen LogP contribution in [0.3, 0.4) is 0 Å². The fourth-order valence-electron chi connectivity index (χ4n) is 4.49. The SMILES string of the molecule is CCC1CN2CCCCC2CN1CC1CN(C)CCN1C. The van der Waals surface area contributed by atoms with E-state index in [0.29, 0.717) is 6.04 Å². The van der Waals surface area contributed by atoms with E-state index in [1.54, 1.807) is 0 Å². The number of hydrogen-bond donors (Lipinski definition) is 0. The van der Waals surface area contributed by atoms with Crippen molar-refractivity contribution >= 4 is 0 Å². The van der Waals surface area contributed by atoms with Crippen LogP contribution in [0.15, 0.2) is 0 Å². The van der Waals surface area contributed by atoms with Gasteiger partial charge in [-0.1, -0.05) is 13.3 Å². The Labute approximate surface area is 131 Å². The van der Waals surface area contributed by atoms with E-state index in [2.05, 4.69) is 40.6 Å². The van der Waals surface area contributed by atoms with E-state index in [1.165, 1.54) is 71.5 Å². The maximum Gasteiger partial charge on any atom is 0.0347 e. The van der Waals surface area contributed by atoms with Gasteiger partial charge in [0, 0.05) is 57.4 Å². The van der Waals surface area contributed by atoms with Gasteiger partial charge in [0.15, 0.2) is 0 Å². The zero-order valence-corrected chi connectivity index (χ0v) is 14.3. The number of rotatable bonds is 3. The number of likely N-dealkylation sites (N-methyl/N-ethyl adjacent to an activating group) is 2. The smallest absolute Gasteiger partial charge is 0.0347 e. The minimum atomic E-state index is 0.716. The summed E-state index contributed by atoms with van der Waals surface area (Å²) in [4.78, 5) is 10.7. The number of hydrogen-bond acceptors (Lipinski definition) is 4. The summed E-state index contributed by atoms with van der Waals surface area (Å²) >= 11 is 0. The standard InChI is InChI=1S/C17H34N4/c1-4-15-12-20-8-6-5-7-16(20)13-21(15)14-17-11-18(2)9-10-19(17)3/h15-17H,4-14H2,1-3H3. The van der Waals surface area contributed by atoms with Crippen molar-refractivity contribution in [3.63, 3.8) is 0 Å². The van der Waals surface area contributed by atoms with E-state index < -0.39 is 0 Å². The third-order valence-electron chi connectivity index (χ3n) is 6.05. The van der Waals surface area contributed by atoms with Crippen LogP contribution in [0.25, 0.3) is 0 Å². The van der Waals surface area contributed by atoms with E-state index in [4.69, 9.17) is 0 Å². The molecule has 0 aromatic carbocycles. The Morgan fingerprint density at radius 1 is 0.905 bits per heavy atom. The van der Waals surface area contributed by atoms with Gasteiger partial charge in [0.05, 0.1) is 0 Å². The van der Waals surface area contributed by atoms with Crippen molar-refractivity contribution in [2.75, 3.05) is 59.9 Å². The molecule has 3 unspecified atom stereocenters. The van der Waals surface area contributed by atoms with Crippen LogP contribution in [0.5, 0.6) is 0 Å². The first-order valence-electron chi connectivity index (χ1n) is 9.04. The highest BCUT2D eigenvalue weighted by Gasteiger charge is 2.36. The highest BCUT2D eigenvalue weighted by atomic mass is 15.3. The molecule has 0 radical (unpaired) electrons. The van der Waals surface area contributed by atoms with Crippen LogP contribution in [0.4, 0.5) is 0 Å². The Balaban J connectivity index is 1.62. The number of piperidine rings is 1. The molecule has 3 fully saturated rings. The number of fused-ring (bicyclic) bond motifs is 1. The number of nitrogens with zero attached hydrogens (tertiary/aromatic N) is 4. The van der Waals surface area contributed by atoms with E-state index in [9.17, 15) is 0 Å². The van der Waals surface area contributed by atoms with Gasteiger partial charge in [-0.3, -0.25) is 14.7 Å². The maximum absolute atomic E-state index is 2.83. The molecular weight excluding hydrogens is 260 g/mol. The lowest BCUT2D eigenvalue weighted by molar-refractivity contribution is -0.0137. The highest BCUT2D eigenvalue weighted by molar-refractivity contribution is 4.93. The molecule has 0 N–H and O–H groups in total. The van der Waals surface area contributed by atoms with Gasteiger partial charge in [0.1, 0.15) is 0 Å². The molecule has 0 spiro atoms. The number of piperazine rings is 2. The van der Waals surface area contributed by atoms with Crippen molar-refractivity contribution in [2.45, 2.75) is 50.7 Å². The van der Waals surface area contributed by atoms with Gasteiger partial charge in [-0.2, -0.15) is 0 Å². The monoisotopic (exact) mass is 294 g/mol. The lowest BCUT2D eigenvalue weighted by Crippen LogP contribution is -2.63. The van der Waals surface area contributed by atoms with Gasteiger partial charge < -0.3 is 4.90 Å². The summed E-state index contributed by atoms with van der Waals surface area (Å²) in [6.07, 6.45) is 5.59. The summed E-state index contributed by atoms with van der Waals surface area (Å²) in [6, 6.07) is 2.33. The fraction of sp³-hybridized carbons (Fsp3) is 1.00. The summed E-state index contributed by atoms with van der Waals surface area (Å²) < 4.78 is 0. The molecule has 4 heteroatoms. The molecule has 3 aliphatic heterocycles. The molecule has 0 amide bonds. The first kappa shape index (κ1) is 15.7. The van der Waals surface area contributed by atoms with Crippen molar-refractivity contribution in [3.05, 3.63) is 0 Å². The van der Waals surface area contributed by atoms with Gasteiger partial charge in [0.2, 0.25) is 0 Å². The topological polar surface area (TPSA) is 13.0 Å². The van der Waals surface area contributed by atoms with Crippen LogP contribution in [0.1, 0.15) is 32.6 Å². The van der Waals surface area contributed by atoms with Crippen LogP contribution in [-0.4, -0.2) is 97.6 Å². The Morgan fingerprint density at radius 3 is 2.57 bits per heavy atom. The zero-order chi connectivity index (χ0) is 14.8. The molecule has 0 saturated carbocycles. The van der Waals surface area contributed by atoms with Crippen LogP contribution in [0.2, 0.25) is 0 Å². The normalized spacial score (nSPS) is 37.6. The maximum atomic E-state index is 2.83. The quantitative estimate of drug-likeness (QED) is 0.775. The average Bonchev–Trinajstić information content (AvgIpc) is 2.50. The first-order valence-corrected chi connectivity index (χ1v) is 9.04. The van der Waals surface area contributed by atoms with Gasteiger partial charge in [-0.15, -0.1) is 0 Å². The van der Waals surface area contributed by atoms with E-state index in [1.807, 2.05) is 0 Å². The predicted molar refractivity (Wildman–Crippen MR) is 88.8 cm³/mol. The van der Waals surface area contributed by atoms with Crippen LogP contribution >= 0.6 is 0 Å². The Morgan fingerprint density at radius 2 is 1.76 bits per heavy atom. The third-order valence-corrected chi connectivity index (χ3v) is 6.05. The summed E-state index contributed by atoms with van der Waals surface area (Å²) in [5, 5.41) is 0. The zero-order valence-electron chi connectivity index (χ0n) is 14.3. The lowest BCUT2D eigenvalue weighted by atomic mass is 9.95. The van der Waals surface area contributed by atoms with Crippen molar-refractivity contribution in [3.8, 4) is 0 Å². The molecule has 3 atom stereocenters. The van der Waals surface area contributed by atoms with Crippen LogP contribution in [-0.2, 0) is 0 Å². The molecule has 0 aliphatic carbocycles. The summed E-state index contributed by atoms with van der Waals surface area (Å²) in [5.74, 6) is 0. The molecule has 3 saturated heterocycles. The minimum absolute atomic E-state index is 0.716. The second-order valence-corrected chi connectivity index (χ2v) is 7.56.